The average Bonchev–Trinajstić information content (AvgIpc) is 2.88. The van der Waals surface area contributed by atoms with E-state index in [2.05, 4.69) is 18.7 Å². The molecule has 0 radical (unpaired) electrons. The molecule has 0 aromatic heterocycles. The highest BCUT2D eigenvalue weighted by Crippen LogP contribution is 2.29. The average molecular weight is 570 g/mol. The summed E-state index contributed by atoms with van der Waals surface area (Å²) >= 11 is 0. The van der Waals surface area contributed by atoms with E-state index in [1.807, 2.05) is 27.7 Å². The van der Waals surface area contributed by atoms with Gasteiger partial charge in [0.15, 0.2) is 18.3 Å². The Labute approximate surface area is 242 Å². The number of hydrogen-bond donors (Lipinski definition) is 0. The van der Waals surface area contributed by atoms with Gasteiger partial charge in [0, 0.05) is 32.2 Å². The van der Waals surface area contributed by atoms with E-state index in [0.29, 0.717) is 44.7 Å². The summed E-state index contributed by atoms with van der Waals surface area (Å²) < 4.78 is 23.3. The van der Waals surface area contributed by atoms with Crippen molar-refractivity contribution >= 4 is 23.9 Å². The molecule has 4 atom stereocenters. The summed E-state index contributed by atoms with van der Waals surface area (Å²) in [5.41, 5.74) is 0. The van der Waals surface area contributed by atoms with Gasteiger partial charge in [-0.3, -0.25) is 24.1 Å². The standard InChI is InChI=1S/C31H55NO8/c1-7-15-26(33)37-22-24-30(39-28(35)17-9-3)31(40-29(36)18-10-4)25(38-27(34)16-8-2)21-32(24)20-14-12-11-13-19-23(5)6/h23-25,30-31H,7-22H2,1-6H3/t24-,25+,30-,31-/m1/s1. The van der Waals surface area contributed by atoms with Crippen LogP contribution in [0.25, 0.3) is 0 Å². The van der Waals surface area contributed by atoms with E-state index in [-0.39, 0.29) is 44.2 Å². The second-order valence-corrected chi connectivity index (χ2v) is 11.3. The van der Waals surface area contributed by atoms with Crippen molar-refractivity contribution in [2.24, 2.45) is 5.92 Å². The molecule has 0 N–H and O–H groups in total. The fourth-order valence-corrected chi connectivity index (χ4v) is 4.90. The Kier molecular flexibility index (Phi) is 18.5. The number of carbonyl (C=O) groups is 4. The minimum atomic E-state index is -0.988. The molecule has 0 aromatic rings. The third-order valence-electron chi connectivity index (χ3n) is 6.98. The van der Waals surface area contributed by atoms with Gasteiger partial charge in [-0.25, -0.2) is 0 Å². The molecule has 232 valence electrons. The van der Waals surface area contributed by atoms with Gasteiger partial charge in [0.1, 0.15) is 6.61 Å². The third-order valence-corrected chi connectivity index (χ3v) is 6.98. The summed E-state index contributed by atoms with van der Waals surface area (Å²) in [7, 11) is 0. The minimum Gasteiger partial charge on any atom is -0.464 e. The van der Waals surface area contributed by atoms with Crippen LogP contribution < -0.4 is 0 Å². The highest BCUT2D eigenvalue weighted by molar-refractivity contribution is 5.72. The lowest BCUT2D eigenvalue weighted by molar-refractivity contribution is -0.210. The number of esters is 4. The van der Waals surface area contributed by atoms with Crippen molar-refractivity contribution in [3.05, 3.63) is 0 Å². The maximum atomic E-state index is 12.8. The first-order valence-electron chi connectivity index (χ1n) is 15.6. The van der Waals surface area contributed by atoms with Crippen molar-refractivity contribution < 1.29 is 38.1 Å². The largest absolute Gasteiger partial charge is 0.464 e. The van der Waals surface area contributed by atoms with Crippen molar-refractivity contribution in [2.45, 2.75) is 149 Å². The van der Waals surface area contributed by atoms with E-state index in [1.54, 1.807) is 0 Å². The summed E-state index contributed by atoms with van der Waals surface area (Å²) in [5, 5.41) is 0. The summed E-state index contributed by atoms with van der Waals surface area (Å²) in [4.78, 5) is 52.5. The van der Waals surface area contributed by atoms with E-state index in [0.717, 1.165) is 19.3 Å². The molecule has 1 fully saturated rings. The fourth-order valence-electron chi connectivity index (χ4n) is 4.90. The van der Waals surface area contributed by atoms with Crippen molar-refractivity contribution in [1.82, 2.24) is 4.90 Å². The van der Waals surface area contributed by atoms with Gasteiger partial charge in [-0.2, -0.15) is 0 Å². The molecule has 40 heavy (non-hydrogen) atoms. The van der Waals surface area contributed by atoms with Crippen LogP contribution in [0.1, 0.15) is 125 Å². The van der Waals surface area contributed by atoms with Gasteiger partial charge >= 0.3 is 23.9 Å². The normalized spacial score (nSPS) is 21.2. The molecule has 1 rings (SSSR count). The van der Waals surface area contributed by atoms with E-state index in [1.165, 1.54) is 12.8 Å². The molecule has 0 aromatic carbocycles. The second-order valence-electron chi connectivity index (χ2n) is 11.3. The van der Waals surface area contributed by atoms with E-state index < -0.39 is 36.3 Å². The molecule has 9 heteroatoms. The Hall–Kier alpha value is -2.16. The summed E-state index contributed by atoms with van der Waals surface area (Å²) in [6, 6.07) is -0.530. The highest BCUT2D eigenvalue weighted by Gasteiger charge is 2.50. The summed E-state index contributed by atoms with van der Waals surface area (Å²) in [6.45, 7) is 12.9. The number of carbonyl (C=O) groups excluding carboxylic acids is 4. The zero-order chi connectivity index (χ0) is 29.9. The van der Waals surface area contributed by atoms with Crippen LogP contribution in [0, 0.1) is 5.92 Å². The molecule has 0 amide bonds. The zero-order valence-corrected chi connectivity index (χ0v) is 25.9. The molecule has 0 bridgehead atoms. The summed E-state index contributed by atoms with van der Waals surface area (Å²) in [6.07, 6.45) is 6.04. The zero-order valence-electron chi connectivity index (χ0n) is 25.9. The van der Waals surface area contributed by atoms with Crippen LogP contribution in [0.5, 0.6) is 0 Å². The molecular formula is C31H55NO8. The molecule has 0 saturated carbocycles. The number of piperidine rings is 1. The van der Waals surface area contributed by atoms with Crippen LogP contribution in [0.2, 0.25) is 0 Å². The number of likely N-dealkylation sites (tertiary alicyclic amines) is 1. The van der Waals surface area contributed by atoms with Crippen molar-refractivity contribution in [3.63, 3.8) is 0 Å². The maximum Gasteiger partial charge on any atom is 0.306 e. The number of nitrogens with zero attached hydrogens (tertiary/aromatic N) is 1. The van der Waals surface area contributed by atoms with Crippen molar-refractivity contribution in [1.29, 1.82) is 0 Å². The first-order chi connectivity index (χ1) is 19.2. The van der Waals surface area contributed by atoms with Gasteiger partial charge < -0.3 is 18.9 Å². The predicted octanol–water partition coefficient (Wildman–Crippen LogP) is 5.76. The fraction of sp³-hybridized carbons (Fsp3) is 0.871. The van der Waals surface area contributed by atoms with Gasteiger partial charge in [-0.05, 0) is 44.6 Å². The number of ether oxygens (including phenoxy) is 4. The van der Waals surface area contributed by atoms with Gasteiger partial charge in [-0.15, -0.1) is 0 Å². The smallest absolute Gasteiger partial charge is 0.306 e. The molecule has 9 nitrogen and oxygen atoms in total. The Morgan fingerprint density at radius 1 is 0.675 bits per heavy atom. The molecule has 0 spiro atoms. The van der Waals surface area contributed by atoms with Crippen LogP contribution >= 0.6 is 0 Å². The van der Waals surface area contributed by atoms with Crippen molar-refractivity contribution in [2.75, 3.05) is 19.7 Å². The van der Waals surface area contributed by atoms with E-state index in [4.69, 9.17) is 18.9 Å². The molecule has 1 aliphatic heterocycles. The SMILES string of the molecule is CCCC(=O)OC[C@@H]1[C@@H](OC(=O)CCC)[C@H](OC(=O)CCC)[C@@H](OC(=O)CCC)CN1CCCCCCC(C)C. The van der Waals surface area contributed by atoms with Crippen molar-refractivity contribution in [3.8, 4) is 0 Å². The predicted molar refractivity (Wildman–Crippen MR) is 154 cm³/mol. The minimum absolute atomic E-state index is 0.00624. The molecule has 1 aliphatic rings. The molecule has 0 aliphatic carbocycles. The Morgan fingerprint density at radius 2 is 1.18 bits per heavy atom. The lowest BCUT2D eigenvalue weighted by Gasteiger charge is -2.47. The lowest BCUT2D eigenvalue weighted by atomic mass is 9.92. The highest BCUT2D eigenvalue weighted by atomic mass is 16.6. The molecule has 0 unspecified atom stereocenters. The first kappa shape index (κ1) is 35.9. The monoisotopic (exact) mass is 569 g/mol. The van der Waals surface area contributed by atoms with Crippen LogP contribution in [-0.2, 0) is 38.1 Å². The third kappa shape index (κ3) is 14.0. The van der Waals surface area contributed by atoms with Crippen LogP contribution in [0.3, 0.4) is 0 Å². The number of rotatable bonds is 20. The Balaban J connectivity index is 3.31. The van der Waals surface area contributed by atoms with Gasteiger partial charge in [0.05, 0.1) is 6.04 Å². The quantitative estimate of drug-likeness (QED) is 0.103. The number of unbranched alkanes of at least 4 members (excludes halogenated alkanes) is 3. The summed E-state index contributed by atoms with van der Waals surface area (Å²) in [5.74, 6) is -0.910. The van der Waals surface area contributed by atoms with Crippen LogP contribution in [0.4, 0.5) is 0 Å². The van der Waals surface area contributed by atoms with E-state index in [9.17, 15) is 19.2 Å². The Bertz CT molecular complexity index is 756. The van der Waals surface area contributed by atoms with Crippen LogP contribution in [0.15, 0.2) is 0 Å². The maximum absolute atomic E-state index is 12.8. The second kappa shape index (κ2) is 20.7. The number of hydrogen-bond acceptors (Lipinski definition) is 9. The van der Waals surface area contributed by atoms with Gasteiger partial charge in [0.2, 0.25) is 0 Å². The Morgan fingerprint density at radius 3 is 1.73 bits per heavy atom. The molecule has 1 saturated heterocycles. The van der Waals surface area contributed by atoms with E-state index >= 15 is 0 Å². The van der Waals surface area contributed by atoms with Gasteiger partial charge in [0.25, 0.3) is 0 Å². The van der Waals surface area contributed by atoms with Crippen LogP contribution in [-0.4, -0.2) is 72.8 Å². The molecular weight excluding hydrogens is 514 g/mol. The topological polar surface area (TPSA) is 108 Å². The first-order valence-corrected chi connectivity index (χ1v) is 15.6. The van der Waals surface area contributed by atoms with Gasteiger partial charge in [-0.1, -0.05) is 67.2 Å². The lowest BCUT2D eigenvalue weighted by Crippen LogP contribution is -2.65. The molecule has 1 heterocycles.